The lowest BCUT2D eigenvalue weighted by Gasteiger charge is -2.09. The number of nitrogens with zero attached hydrogens (tertiary/aromatic N) is 1. The van der Waals surface area contributed by atoms with Gasteiger partial charge in [0.2, 0.25) is 5.91 Å². The molecule has 1 aromatic rings. The maximum atomic E-state index is 11.6. The van der Waals surface area contributed by atoms with Crippen molar-refractivity contribution in [1.82, 2.24) is 0 Å². The average Bonchev–Trinajstić information content (AvgIpc) is 2.29. The number of hydrogen-bond acceptors (Lipinski definition) is 3. The van der Waals surface area contributed by atoms with Crippen molar-refractivity contribution >= 4 is 17.4 Å². The molecule has 0 aliphatic rings. The molecule has 4 heteroatoms. The van der Waals surface area contributed by atoms with E-state index in [4.69, 9.17) is 5.26 Å². The fourth-order valence-corrected chi connectivity index (χ4v) is 1.31. The minimum atomic E-state index is -0.360. The zero-order valence-corrected chi connectivity index (χ0v) is 9.86. The first-order chi connectivity index (χ1) is 8.04. The number of nitrogens with one attached hydrogen (secondary N) is 1. The van der Waals surface area contributed by atoms with Crippen LogP contribution in [0.1, 0.15) is 30.6 Å². The maximum absolute atomic E-state index is 11.6. The van der Waals surface area contributed by atoms with Crippen molar-refractivity contribution in [3.63, 3.8) is 0 Å². The Hall–Kier alpha value is -2.15. The number of amides is 1. The van der Waals surface area contributed by atoms with Crippen molar-refractivity contribution in [1.29, 1.82) is 5.26 Å². The van der Waals surface area contributed by atoms with Crippen molar-refractivity contribution in [3.05, 3.63) is 29.8 Å². The summed E-state index contributed by atoms with van der Waals surface area (Å²) >= 11 is 0. The number of Topliss-reactive ketones (excluding diaryl/α,β-unsaturated/α-hetero) is 1. The van der Waals surface area contributed by atoms with Gasteiger partial charge >= 0.3 is 0 Å². The van der Waals surface area contributed by atoms with Crippen LogP contribution in [0.2, 0.25) is 0 Å². The predicted molar refractivity (Wildman–Crippen MR) is 64.5 cm³/mol. The number of hydrogen-bond donors (Lipinski definition) is 1. The summed E-state index contributed by atoms with van der Waals surface area (Å²) < 4.78 is 0. The number of benzene rings is 1. The van der Waals surface area contributed by atoms with Gasteiger partial charge in [0, 0.05) is 23.6 Å². The lowest BCUT2D eigenvalue weighted by atomic mass is 10.1. The van der Waals surface area contributed by atoms with Gasteiger partial charge in [0.15, 0.2) is 5.78 Å². The summed E-state index contributed by atoms with van der Waals surface area (Å²) in [6.07, 6.45) is 0.179. The lowest BCUT2D eigenvalue weighted by Crippen LogP contribution is -2.20. The van der Waals surface area contributed by atoms with Crippen molar-refractivity contribution in [2.45, 2.75) is 20.3 Å². The minimum Gasteiger partial charge on any atom is -0.326 e. The molecule has 0 fully saturated rings. The molecule has 0 saturated carbocycles. The zero-order chi connectivity index (χ0) is 12.8. The average molecular weight is 230 g/mol. The monoisotopic (exact) mass is 230 g/mol. The van der Waals surface area contributed by atoms with E-state index in [9.17, 15) is 9.59 Å². The van der Waals surface area contributed by atoms with Crippen LogP contribution in [0.25, 0.3) is 0 Å². The van der Waals surface area contributed by atoms with Gasteiger partial charge in [0.05, 0.1) is 6.07 Å². The quantitative estimate of drug-likeness (QED) is 0.807. The van der Waals surface area contributed by atoms with Gasteiger partial charge in [-0.1, -0.05) is 19.1 Å². The van der Waals surface area contributed by atoms with E-state index in [-0.39, 0.29) is 24.0 Å². The smallest absolute Gasteiger partial charge is 0.228 e. The SMILES string of the molecule is CC(=O)c1cccc(NC(=O)C(C)CC#N)c1. The first-order valence-electron chi connectivity index (χ1n) is 5.33. The summed E-state index contributed by atoms with van der Waals surface area (Å²) in [6, 6.07) is 8.69. The largest absolute Gasteiger partial charge is 0.326 e. The molecular formula is C13H14N2O2. The summed E-state index contributed by atoms with van der Waals surface area (Å²) in [5, 5.41) is 11.2. The predicted octanol–water partition coefficient (Wildman–Crippen LogP) is 2.38. The molecule has 1 atom stereocenters. The van der Waals surface area contributed by atoms with E-state index in [0.29, 0.717) is 11.3 Å². The second kappa shape index (κ2) is 5.80. The van der Waals surface area contributed by atoms with Crippen LogP contribution in [0.5, 0.6) is 0 Å². The number of carbonyl (C=O) groups is 2. The normalized spacial score (nSPS) is 11.4. The van der Waals surface area contributed by atoms with E-state index in [0.717, 1.165) is 0 Å². The third-order valence-electron chi connectivity index (χ3n) is 2.38. The Kier molecular flexibility index (Phi) is 4.41. The molecule has 4 nitrogen and oxygen atoms in total. The van der Waals surface area contributed by atoms with Crippen LogP contribution in [0.4, 0.5) is 5.69 Å². The molecule has 0 radical (unpaired) electrons. The first-order valence-corrected chi connectivity index (χ1v) is 5.33. The maximum Gasteiger partial charge on any atom is 0.228 e. The van der Waals surface area contributed by atoms with Gasteiger partial charge in [0.25, 0.3) is 0 Å². The molecular weight excluding hydrogens is 216 g/mol. The Morgan fingerprint density at radius 1 is 1.47 bits per heavy atom. The van der Waals surface area contributed by atoms with Gasteiger partial charge in [-0.15, -0.1) is 0 Å². The summed E-state index contributed by atoms with van der Waals surface area (Å²) in [6.45, 7) is 3.16. The van der Waals surface area contributed by atoms with E-state index in [1.165, 1.54) is 6.92 Å². The summed E-state index contributed by atoms with van der Waals surface area (Å²) in [5.74, 6) is -0.626. The minimum absolute atomic E-state index is 0.0498. The van der Waals surface area contributed by atoms with Crippen LogP contribution in [0.3, 0.4) is 0 Å². The van der Waals surface area contributed by atoms with E-state index in [1.54, 1.807) is 31.2 Å². The van der Waals surface area contributed by atoms with E-state index in [1.807, 2.05) is 6.07 Å². The van der Waals surface area contributed by atoms with Gasteiger partial charge < -0.3 is 5.32 Å². The fraction of sp³-hybridized carbons (Fsp3) is 0.308. The molecule has 0 spiro atoms. The van der Waals surface area contributed by atoms with Crippen LogP contribution in [-0.2, 0) is 4.79 Å². The van der Waals surface area contributed by atoms with Crippen LogP contribution >= 0.6 is 0 Å². The number of carbonyl (C=O) groups excluding carboxylic acids is 2. The van der Waals surface area contributed by atoms with Gasteiger partial charge in [-0.2, -0.15) is 5.26 Å². The second-order valence-electron chi connectivity index (χ2n) is 3.89. The Morgan fingerprint density at radius 3 is 2.76 bits per heavy atom. The highest BCUT2D eigenvalue weighted by molar-refractivity contribution is 5.97. The second-order valence-corrected chi connectivity index (χ2v) is 3.89. The first kappa shape index (κ1) is 12.9. The van der Waals surface area contributed by atoms with E-state index in [2.05, 4.69) is 5.32 Å². The Morgan fingerprint density at radius 2 is 2.18 bits per heavy atom. The molecule has 1 N–H and O–H groups in total. The zero-order valence-electron chi connectivity index (χ0n) is 9.86. The molecule has 17 heavy (non-hydrogen) atoms. The Bertz CT molecular complexity index is 475. The molecule has 0 aliphatic carbocycles. The van der Waals surface area contributed by atoms with Gasteiger partial charge in [-0.05, 0) is 19.1 Å². The summed E-state index contributed by atoms with van der Waals surface area (Å²) in [7, 11) is 0. The molecule has 1 rings (SSSR count). The molecule has 1 unspecified atom stereocenters. The van der Waals surface area contributed by atoms with Gasteiger partial charge in [0.1, 0.15) is 0 Å². The van der Waals surface area contributed by atoms with Crippen molar-refractivity contribution in [2.75, 3.05) is 5.32 Å². The van der Waals surface area contributed by atoms with E-state index < -0.39 is 0 Å². The highest BCUT2D eigenvalue weighted by Crippen LogP contribution is 2.13. The fourth-order valence-electron chi connectivity index (χ4n) is 1.31. The van der Waals surface area contributed by atoms with Crippen LogP contribution in [-0.4, -0.2) is 11.7 Å². The molecule has 0 saturated heterocycles. The lowest BCUT2D eigenvalue weighted by molar-refractivity contribution is -0.119. The Labute approximate surface area is 100 Å². The number of nitriles is 1. The van der Waals surface area contributed by atoms with Crippen molar-refractivity contribution in [3.8, 4) is 6.07 Å². The third-order valence-corrected chi connectivity index (χ3v) is 2.38. The number of anilines is 1. The molecule has 1 aromatic carbocycles. The molecule has 0 bridgehead atoms. The van der Waals surface area contributed by atoms with Gasteiger partial charge in [-0.25, -0.2) is 0 Å². The highest BCUT2D eigenvalue weighted by atomic mass is 16.1. The van der Waals surface area contributed by atoms with Crippen LogP contribution in [0, 0.1) is 17.2 Å². The Balaban J connectivity index is 2.75. The highest BCUT2D eigenvalue weighted by Gasteiger charge is 2.12. The van der Waals surface area contributed by atoms with Crippen molar-refractivity contribution in [2.24, 2.45) is 5.92 Å². The van der Waals surface area contributed by atoms with Crippen LogP contribution in [0.15, 0.2) is 24.3 Å². The summed E-state index contributed by atoms with van der Waals surface area (Å²) in [4.78, 5) is 22.8. The number of ketones is 1. The summed E-state index contributed by atoms with van der Waals surface area (Å²) in [5.41, 5.74) is 1.13. The number of rotatable bonds is 4. The van der Waals surface area contributed by atoms with Crippen molar-refractivity contribution < 1.29 is 9.59 Å². The molecule has 1 amide bonds. The molecule has 88 valence electrons. The molecule has 0 aliphatic heterocycles. The third kappa shape index (κ3) is 3.72. The van der Waals surface area contributed by atoms with Crippen LogP contribution < -0.4 is 5.32 Å². The van der Waals surface area contributed by atoms with E-state index >= 15 is 0 Å². The van der Waals surface area contributed by atoms with Gasteiger partial charge in [-0.3, -0.25) is 9.59 Å². The standard InChI is InChI=1S/C13H14N2O2/c1-9(6-7-14)13(17)15-12-5-3-4-11(8-12)10(2)16/h3-5,8-9H,6H2,1-2H3,(H,15,17). The molecule has 0 heterocycles. The topological polar surface area (TPSA) is 70.0 Å². The molecule has 0 aromatic heterocycles.